The third kappa shape index (κ3) is 8.12. The summed E-state index contributed by atoms with van der Waals surface area (Å²) in [6, 6.07) is 11.0. The van der Waals surface area contributed by atoms with Gasteiger partial charge in [-0.05, 0) is 70.5 Å². The number of methoxy groups -OCH3 is 1. The Hall–Kier alpha value is -3.72. The van der Waals surface area contributed by atoms with Gasteiger partial charge in [0.25, 0.3) is 5.91 Å². The molecule has 1 aromatic heterocycles. The van der Waals surface area contributed by atoms with E-state index in [0.717, 1.165) is 17.0 Å². The Bertz CT molecular complexity index is 1650. The number of aromatic nitrogens is 1. The molecule has 1 atom stereocenters. The minimum Gasteiger partial charge on any atom is -0.488 e. The zero-order valence-electron chi connectivity index (χ0n) is 26.0. The number of benzene rings is 2. The molecule has 2 aliphatic heterocycles. The summed E-state index contributed by atoms with van der Waals surface area (Å²) in [5, 5.41) is 3.28. The summed E-state index contributed by atoms with van der Waals surface area (Å²) in [6.07, 6.45) is 0.727. The number of carbonyl (C=O) groups excluding carboxylic acids is 2. The Balaban J connectivity index is 1.32. The van der Waals surface area contributed by atoms with Gasteiger partial charge >= 0.3 is 6.09 Å². The van der Waals surface area contributed by atoms with Crippen LogP contribution in [0.1, 0.15) is 55.0 Å². The molecule has 2 aliphatic rings. The fourth-order valence-electron chi connectivity index (χ4n) is 4.72. The van der Waals surface area contributed by atoms with Gasteiger partial charge in [0.2, 0.25) is 10.0 Å². The van der Waals surface area contributed by atoms with Crippen molar-refractivity contribution in [1.82, 2.24) is 14.2 Å². The highest BCUT2D eigenvalue weighted by molar-refractivity contribution is 7.89. The molecule has 14 heteroatoms. The number of fused-ring (bicyclic) bond motifs is 1. The van der Waals surface area contributed by atoms with Crippen LogP contribution in [0.3, 0.4) is 0 Å². The number of nitrogens with zero attached hydrogens (tertiary/aromatic N) is 3. The molecule has 12 nitrogen and oxygen atoms in total. The van der Waals surface area contributed by atoms with Gasteiger partial charge in [-0.3, -0.25) is 10.1 Å². The number of thiazole rings is 1. The summed E-state index contributed by atoms with van der Waals surface area (Å²) in [4.78, 5) is 33.3. The van der Waals surface area contributed by atoms with E-state index < -0.39 is 21.5 Å². The van der Waals surface area contributed by atoms with E-state index in [9.17, 15) is 18.0 Å². The number of rotatable bonds is 10. The number of hydrogen-bond acceptors (Lipinski definition) is 10. The van der Waals surface area contributed by atoms with E-state index in [0.29, 0.717) is 61.6 Å². The van der Waals surface area contributed by atoms with Crippen LogP contribution >= 0.6 is 11.3 Å². The van der Waals surface area contributed by atoms with E-state index in [2.05, 4.69) is 10.3 Å². The molecular formula is C31H38N4O8S2. The highest BCUT2D eigenvalue weighted by Gasteiger charge is 2.30. The minimum atomic E-state index is -3.52. The minimum absolute atomic E-state index is 0.195. The van der Waals surface area contributed by atoms with Crippen molar-refractivity contribution in [3.05, 3.63) is 58.6 Å². The predicted molar refractivity (Wildman–Crippen MR) is 169 cm³/mol. The van der Waals surface area contributed by atoms with Gasteiger partial charge in [0.05, 0.1) is 23.7 Å². The van der Waals surface area contributed by atoms with Crippen LogP contribution in [0.25, 0.3) is 0 Å². The van der Waals surface area contributed by atoms with Crippen molar-refractivity contribution >= 4 is 38.5 Å². The molecule has 1 saturated heterocycles. The molecule has 0 radical (unpaired) electrons. The number of hydrogen-bond donors (Lipinski definition) is 1. The first-order valence-corrected chi connectivity index (χ1v) is 16.9. The Kier molecular flexibility index (Phi) is 9.68. The summed E-state index contributed by atoms with van der Waals surface area (Å²) in [5.41, 5.74) is 0.515. The van der Waals surface area contributed by atoms with E-state index in [1.54, 1.807) is 42.3 Å². The summed E-state index contributed by atoms with van der Waals surface area (Å²) in [5.74, 6) is 0.696. The highest BCUT2D eigenvalue weighted by Crippen LogP contribution is 2.32. The van der Waals surface area contributed by atoms with Crippen molar-refractivity contribution < 1.29 is 37.0 Å². The van der Waals surface area contributed by atoms with Crippen LogP contribution in [0.15, 0.2) is 47.4 Å². The zero-order valence-corrected chi connectivity index (χ0v) is 27.6. The second kappa shape index (κ2) is 13.3. The summed E-state index contributed by atoms with van der Waals surface area (Å²) >= 11 is 1.31. The van der Waals surface area contributed by atoms with Crippen molar-refractivity contribution in [1.29, 1.82) is 0 Å². The number of sulfonamides is 1. The van der Waals surface area contributed by atoms with Gasteiger partial charge in [0.1, 0.15) is 29.0 Å². The molecule has 3 heterocycles. The fraction of sp³-hybridized carbons (Fsp3) is 0.452. The average molecular weight is 659 g/mol. The molecule has 0 saturated carbocycles. The van der Waals surface area contributed by atoms with Crippen LogP contribution < -0.4 is 14.8 Å². The van der Waals surface area contributed by atoms with Crippen LogP contribution in [0.2, 0.25) is 0 Å². The number of ether oxygens (including phenoxy) is 4. The van der Waals surface area contributed by atoms with Crippen LogP contribution in [-0.2, 0) is 32.5 Å². The molecule has 2 amide bonds. The third-order valence-electron chi connectivity index (χ3n) is 7.00. The standard InChI is InChI=1S/C31H38N4O8S2/c1-20(19-40-5)41-23-15-21(16-24(17-23)42-22-7-9-25(10-8-22)45(38,39)35-12-6-13-35)28(36)33-29-32-26-11-14-34(18-27(26)44-29)30(37)43-31(2,3)4/h7-10,15-17,20H,6,11-14,18-19H2,1-5H3,(H,32,33,36). The molecule has 5 rings (SSSR count). The smallest absolute Gasteiger partial charge is 0.410 e. The largest absolute Gasteiger partial charge is 0.488 e. The molecule has 0 bridgehead atoms. The molecule has 1 fully saturated rings. The Morgan fingerprint density at radius 2 is 1.76 bits per heavy atom. The number of amides is 2. The SMILES string of the molecule is COCC(C)Oc1cc(Oc2ccc(S(=O)(=O)N3CCC3)cc2)cc(C(=O)Nc2nc3c(s2)CN(C(=O)OC(C)(C)C)CC3)c1. The van der Waals surface area contributed by atoms with Crippen molar-refractivity contribution in [2.45, 2.75) is 63.7 Å². The molecule has 242 valence electrons. The maximum Gasteiger partial charge on any atom is 0.410 e. The summed E-state index contributed by atoms with van der Waals surface area (Å²) in [7, 11) is -1.95. The van der Waals surface area contributed by atoms with Crippen molar-refractivity contribution in [3.8, 4) is 17.2 Å². The first-order chi connectivity index (χ1) is 21.3. The van der Waals surface area contributed by atoms with E-state index in [1.165, 1.54) is 27.8 Å². The highest BCUT2D eigenvalue weighted by atomic mass is 32.2. The average Bonchev–Trinajstić information content (AvgIpc) is 3.32. The predicted octanol–water partition coefficient (Wildman–Crippen LogP) is 5.29. The second-order valence-corrected chi connectivity index (χ2v) is 14.9. The van der Waals surface area contributed by atoms with Crippen LogP contribution in [-0.4, -0.2) is 79.7 Å². The summed E-state index contributed by atoms with van der Waals surface area (Å²) in [6.45, 7) is 9.53. The molecule has 0 aliphatic carbocycles. The number of carbonyl (C=O) groups is 2. The molecule has 0 spiro atoms. The van der Waals surface area contributed by atoms with Gasteiger partial charge in [-0.1, -0.05) is 11.3 Å². The molecule has 2 aromatic carbocycles. The Labute approximate surface area is 267 Å². The summed E-state index contributed by atoms with van der Waals surface area (Å²) < 4.78 is 49.6. The van der Waals surface area contributed by atoms with E-state index >= 15 is 0 Å². The van der Waals surface area contributed by atoms with Crippen molar-refractivity contribution in [3.63, 3.8) is 0 Å². The van der Waals surface area contributed by atoms with Gasteiger partial charge in [-0.2, -0.15) is 4.31 Å². The van der Waals surface area contributed by atoms with Crippen LogP contribution in [0.4, 0.5) is 9.93 Å². The van der Waals surface area contributed by atoms with Gasteiger partial charge in [-0.25, -0.2) is 18.2 Å². The van der Waals surface area contributed by atoms with Crippen LogP contribution in [0.5, 0.6) is 17.2 Å². The maximum atomic E-state index is 13.4. The van der Waals surface area contributed by atoms with E-state index in [-0.39, 0.29) is 22.7 Å². The van der Waals surface area contributed by atoms with Crippen molar-refractivity contribution in [2.75, 3.05) is 38.7 Å². The second-order valence-electron chi connectivity index (χ2n) is 11.9. The molecule has 3 aromatic rings. The van der Waals surface area contributed by atoms with Gasteiger partial charge in [0.15, 0.2) is 5.13 Å². The lowest BCUT2D eigenvalue weighted by Crippen LogP contribution is -2.41. The Morgan fingerprint density at radius 1 is 1.04 bits per heavy atom. The molecular weight excluding hydrogens is 620 g/mol. The molecule has 1 unspecified atom stereocenters. The van der Waals surface area contributed by atoms with Gasteiger partial charge in [0, 0.05) is 49.7 Å². The lowest BCUT2D eigenvalue weighted by Gasteiger charge is -2.29. The number of nitrogens with one attached hydrogen (secondary N) is 1. The monoisotopic (exact) mass is 658 g/mol. The van der Waals surface area contributed by atoms with E-state index in [4.69, 9.17) is 18.9 Å². The van der Waals surface area contributed by atoms with Crippen LogP contribution in [0, 0.1) is 0 Å². The first-order valence-electron chi connectivity index (χ1n) is 14.7. The normalized spacial score (nSPS) is 15.9. The van der Waals surface area contributed by atoms with Crippen molar-refractivity contribution in [2.24, 2.45) is 0 Å². The van der Waals surface area contributed by atoms with Gasteiger partial charge < -0.3 is 23.8 Å². The first kappa shape index (κ1) is 32.7. The lowest BCUT2D eigenvalue weighted by molar-refractivity contribution is 0.0225. The molecule has 1 N–H and O–H groups in total. The Morgan fingerprint density at radius 3 is 2.40 bits per heavy atom. The maximum absolute atomic E-state index is 13.4. The van der Waals surface area contributed by atoms with Gasteiger partial charge in [-0.15, -0.1) is 0 Å². The number of anilines is 1. The van der Waals surface area contributed by atoms with E-state index in [1.807, 2.05) is 27.7 Å². The topological polar surface area (TPSA) is 137 Å². The fourth-order valence-corrected chi connectivity index (χ4v) is 7.26. The molecule has 45 heavy (non-hydrogen) atoms. The quantitative estimate of drug-likeness (QED) is 0.308. The lowest BCUT2D eigenvalue weighted by atomic mass is 10.2. The third-order valence-corrected chi connectivity index (χ3v) is 9.91. The zero-order chi connectivity index (χ0) is 32.4.